The monoisotopic (exact) mass is 160 g/mol. The van der Waals surface area contributed by atoms with Crippen LogP contribution in [0.2, 0.25) is 0 Å². The van der Waals surface area contributed by atoms with Crippen LogP contribution in [0.3, 0.4) is 0 Å². The molecule has 0 N–H and O–H groups in total. The van der Waals surface area contributed by atoms with Gasteiger partial charge in [-0.15, -0.1) is 0 Å². The van der Waals surface area contributed by atoms with E-state index in [-0.39, 0.29) is 6.79 Å². The smallest absolute Gasteiger partial charge is 0.188 e. The van der Waals surface area contributed by atoms with Gasteiger partial charge in [-0.25, -0.2) is 0 Å². The minimum atomic E-state index is 0.253. The molecule has 0 aromatic carbocycles. The zero-order valence-corrected chi connectivity index (χ0v) is 6.32. The molecule has 0 radical (unpaired) electrons. The topological polar surface area (TPSA) is 36.9 Å². The van der Waals surface area contributed by atoms with Crippen LogP contribution in [0, 0.1) is 0 Å². The van der Waals surface area contributed by atoms with Crippen LogP contribution >= 0.6 is 0 Å². The van der Waals surface area contributed by atoms with Gasteiger partial charge in [-0.05, 0) is 0 Å². The minimum absolute atomic E-state index is 0.253. The van der Waals surface area contributed by atoms with Crippen molar-refractivity contribution in [3.8, 4) is 0 Å². The summed E-state index contributed by atoms with van der Waals surface area (Å²) in [5.41, 5.74) is 0. The maximum atomic E-state index is 5.13. The lowest BCUT2D eigenvalue weighted by Gasteiger charge is -2.02. The van der Waals surface area contributed by atoms with Crippen molar-refractivity contribution in [1.82, 2.24) is 0 Å². The zero-order chi connectivity index (χ0) is 7.78. The SMILES string of the molecule is C1=C\OCOCCOCCO/1. The molecule has 0 aliphatic carbocycles. The standard InChI is InChI=1S/C7H12O4/c1-2-9-4-6-11-7-10-5-3-8-1/h3,5H,1-2,4,6-7H2/b5-3-. The summed E-state index contributed by atoms with van der Waals surface area (Å²) in [7, 11) is 0. The molecular formula is C7H12O4. The van der Waals surface area contributed by atoms with Crippen molar-refractivity contribution < 1.29 is 18.9 Å². The highest BCUT2D eigenvalue weighted by molar-refractivity contribution is 4.59. The van der Waals surface area contributed by atoms with Crippen molar-refractivity contribution in [2.75, 3.05) is 33.2 Å². The van der Waals surface area contributed by atoms with Crippen molar-refractivity contribution in [3.05, 3.63) is 12.5 Å². The fourth-order valence-corrected chi connectivity index (χ4v) is 0.620. The van der Waals surface area contributed by atoms with Gasteiger partial charge >= 0.3 is 0 Å². The predicted molar refractivity (Wildman–Crippen MR) is 37.8 cm³/mol. The summed E-state index contributed by atoms with van der Waals surface area (Å²) in [6.07, 6.45) is 2.95. The van der Waals surface area contributed by atoms with E-state index < -0.39 is 0 Å². The van der Waals surface area contributed by atoms with Crippen molar-refractivity contribution in [1.29, 1.82) is 0 Å². The maximum absolute atomic E-state index is 5.13. The Morgan fingerprint density at radius 2 is 1.45 bits per heavy atom. The molecule has 0 saturated carbocycles. The van der Waals surface area contributed by atoms with Gasteiger partial charge < -0.3 is 18.9 Å². The molecule has 4 nitrogen and oxygen atoms in total. The molecule has 0 bridgehead atoms. The highest BCUT2D eigenvalue weighted by atomic mass is 16.7. The van der Waals surface area contributed by atoms with Crippen LogP contribution in [0.15, 0.2) is 12.5 Å². The Hall–Kier alpha value is -0.740. The van der Waals surface area contributed by atoms with Gasteiger partial charge in [-0.3, -0.25) is 0 Å². The molecule has 0 spiro atoms. The van der Waals surface area contributed by atoms with Gasteiger partial charge in [0, 0.05) is 0 Å². The quantitative estimate of drug-likeness (QED) is 0.517. The Balaban J connectivity index is 2.11. The lowest BCUT2D eigenvalue weighted by atomic mass is 10.7. The van der Waals surface area contributed by atoms with Crippen LogP contribution in [0.4, 0.5) is 0 Å². The van der Waals surface area contributed by atoms with Crippen molar-refractivity contribution in [2.45, 2.75) is 0 Å². The van der Waals surface area contributed by atoms with Gasteiger partial charge in [0.05, 0.1) is 19.8 Å². The van der Waals surface area contributed by atoms with Crippen LogP contribution in [-0.4, -0.2) is 33.2 Å². The second kappa shape index (κ2) is 6.00. The van der Waals surface area contributed by atoms with Gasteiger partial charge in [0.15, 0.2) is 6.79 Å². The van der Waals surface area contributed by atoms with E-state index in [4.69, 9.17) is 18.9 Å². The lowest BCUT2D eigenvalue weighted by molar-refractivity contribution is -0.0347. The fourth-order valence-electron chi connectivity index (χ4n) is 0.620. The van der Waals surface area contributed by atoms with Crippen LogP contribution in [0.25, 0.3) is 0 Å². The summed E-state index contributed by atoms with van der Waals surface area (Å²) in [6.45, 7) is 2.55. The molecule has 0 aromatic rings. The molecule has 0 saturated heterocycles. The first-order valence-electron chi connectivity index (χ1n) is 3.54. The van der Waals surface area contributed by atoms with Crippen LogP contribution in [0.1, 0.15) is 0 Å². The molecule has 0 unspecified atom stereocenters. The van der Waals surface area contributed by atoms with E-state index in [1.165, 1.54) is 12.5 Å². The minimum Gasteiger partial charge on any atom is -0.496 e. The first-order chi connectivity index (χ1) is 5.50. The van der Waals surface area contributed by atoms with E-state index in [2.05, 4.69) is 0 Å². The number of hydrogen-bond acceptors (Lipinski definition) is 4. The molecule has 0 aromatic heterocycles. The third-order valence-electron chi connectivity index (χ3n) is 1.12. The van der Waals surface area contributed by atoms with E-state index in [0.29, 0.717) is 26.4 Å². The Bertz CT molecular complexity index is 101. The van der Waals surface area contributed by atoms with Gasteiger partial charge in [0.2, 0.25) is 0 Å². The Kier molecular flexibility index (Phi) is 4.56. The summed E-state index contributed by atoms with van der Waals surface area (Å²) < 4.78 is 20.0. The number of hydrogen-bond donors (Lipinski definition) is 0. The third kappa shape index (κ3) is 4.64. The fraction of sp³-hybridized carbons (Fsp3) is 0.714. The normalized spacial score (nSPS) is 24.0. The lowest BCUT2D eigenvalue weighted by Crippen LogP contribution is -2.07. The molecule has 1 aliphatic heterocycles. The van der Waals surface area contributed by atoms with Gasteiger partial charge in [0.1, 0.15) is 19.1 Å². The van der Waals surface area contributed by atoms with E-state index in [1.54, 1.807) is 0 Å². The molecule has 1 heterocycles. The summed E-state index contributed by atoms with van der Waals surface area (Å²) in [6, 6.07) is 0. The first-order valence-corrected chi connectivity index (χ1v) is 3.54. The van der Waals surface area contributed by atoms with Crippen LogP contribution in [0.5, 0.6) is 0 Å². The van der Waals surface area contributed by atoms with E-state index in [1.807, 2.05) is 0 Å². The molecule has 0 atom stereocenters. The summed E-state index contributed by atoms with van der Waals surface area (Å²) >= 11 is 0. The average molecular weight is 160 g/mol. The van der Waals surface area contributed by atoms with Gasteiger partial charge in [-0.2, -0.15) is 0 Å². The van der Waals surface area contributed by atoms with Crippen LogP contribution in [-0.2, 0) is 18.9 Å². The summed E-state index contributed by atoms with van der Waals surface area (Å²) in [5.74, 6) is 0. The zero-order valence-electron chi connectivity index (χ0n) is 6.32. The number of ether oxygens (including phenoxy) is 4. The average Bonchev–Trinajstić information content (AvgIpc) is 2.08. The summed E-state index contributed by atoms with van der Waals surface area (Å²) in [5, 5.41) is 0. The largest absolute Gasteiger partial charge is 0.496 e. The number of rotatable bonds is 0. The second-order valence-electron chi connectivity index (χ2n) is 1.95. The van der Waals surface area contributed by atoms with E-state index in [9.17, 15) is 0 Å². The Morgan fingerprint density at radius 1 is 0.727 bits per heavy atom. The van der Waals surface area contributed by atoms with Crippen molar-refractivity contribution in [3.63, 3.8) is 0 Å². The van der Waals surface area contributed by atoms with Gasteiger partial charge in [0.25, 0.3) is 0 Å². The van der Waals surface area contributed by atoms with E-state index >= 15 is 0 Å². The molecule has 1 aliphatic rings. The third-order valence-corrected chi connectivity index (χ3v) is 1.12. The molecular weight excluding hydrogens is 148 g/mol. The predicted octanol–water partition coefficient (Wildman–Crippen LogP) is 0.495. The van der Waals surface area contributed by atoms with Crippen molar-refractivity contribution in [2.24, 2.45) is 0 Å². The highest BCUT2D eigenvalue weighted by Gasteiger charge is 1.90. The molecule has 0 amide bonds. The maximum Gasteiger partial charge on any atom is 0.188 e. The summed E-state index contributed by atoms with van der Waals surface area (Å²) in [4.78, 5) is 0. The van der Waals surface area contributed by atoms with Crippen LogP contribution < -0.4 is 0 Å². The Morgan fingerprint density at radius 3 is 2.45 bits per heavy atom. The molecule has 11 heavy (non-hydrogen) atoms. The highest BCUT2D eigenvalue weighted by Crippen LogP contribution is 1.87. The second-order valence-corrected chi connectivity index (χ2v) is 1.95. The molecule has 4 heteroatoms. The first kappa shape index (κ1) is 8.36. The molecule has 1 rings (SSSR count). The Labute approximate surface area is 65.7 Å². The van der Waals surface area contributed by atoms with E-state index in [0.717, 1.165) is 0 Å². The van der Waals surface area contributed by atoms with Crippen molar-refractivity contribution >= 4 is 0 Å². The molecule has 64 valence electrons. The molecule has 0 fully saturated rings. The van der Waals surface area contributed by atoms with Gasteiger partial charge in [-0.1, -0.05) is 0 Å².